The first-order chi connectivity index (χ1) is 12.7. The van der Waals surface area contributed by atoms with Gasteiger partial charge in [-0.25, -0.2) is 4.79 Å². The van der Waals surface area contributed by atoms with Crippen molar-refractivity contribution in [1.82, 2.24) is 4.90 Å². The Morgan fingerprint density at radius 1 is 1.12 bits per heavy atom. The number of fused-ring (bicyclic) bond motifs is 2. The zero-order valence-corrected chi connectivity index (χ0v) is 16.3. The van der Waals surface area contributed by atoms with Crippen molar-refractivity contribution in [2.45, 2.75) is 39.5 Å². The number of amides is 1. The van der Waals surface area contributed by atoms with E-state index in [1.165, 1.54) is 38.3 Å². The van der Waals surface area contributed by atoms with Crippen LogP contribution in [0.1, 0.15) is 46.9 Å². The molecule has 1 aliphatic carbocycles. The van der Waals surface area contributed by atoms with E-state index in [2.05, 4.69) is 36.6 Å². The van der Waals surface area contributed by atoms with Gasteiger partial charge in [0.15, 0.2) is 0 Å². The third kappa shape index (κ3) is 3.18. The number of nitrogens with zero attached hydrogens (tertiary/aromatic N) is 1. The number of hydrogen-bond donors (Lipinski definition) is 0. The standard InChI is InChI=1S/C22H25NO2S/c1-3-25-22(24)23-11-8-16(9-12-23)21-18-6-4-15(2)14-17(18)5-7-20-19(21)10-13-26-20/h4,6,10,13-14H,3,5,7-9,11-12H2,1-2H3. The maximum Gasteiger partial charge on any atom is 0.409 e. The minimum absolute atomic E-state index is 0.176. The number of hydrogen-bond acceptors (Lipinski definition) is 3. The van der Waals surface area contributed by atoms with Gasteiger partial charge in [-0.15, -0.1) is 11.3 Å². The third-order valence-corrected chi connectivity index (χ3v) is 6.39. The number of ether oxygens (including phenoxy) is 1. The van der Waals surface area contributed by atoms with Crippen LogP contribution >= 0.6 is 11.3 Å². The van der Waals surface area contributed by atoms with Crippen molar-refractivity contribution in [3.63, 3.8) is 0 Å². The highest BCUT2D eigenvalue weighted by Crippen LogP contribution is 2.40. The van der Waals surface area contributed by atoms with Gasteiger partial charge in [0.05, 0.1) is 6.61 Å². The maximum atomic E-state index is 12.0. The quantitative estimate of drug-likeness (QED) is 0.692. The molecular weight excluding hydrogens is 342 g/mol. The number of carbonyl (C=O) groups is 1. The maximum absolute atomic E-state index is 12.0. The molecule has 1 fully saturated rings. The summed E-state index contributed by atoms with van der Waals surface area (Å²) in [6.07, 6.45) is 3.91. The van der Waals surface area contributed by atoms with Gasteiger partial charge < -0.3 is 9.64 Å². The summed E-state index contributed by atoms with van der Waals surface area (Å²) >= 11 is 1.87. The molecule has 1 aromatic carbocycles. The topological polar surface area (TPSA) is 29.5 Å². The van der Waals surface area contributed by atoms with Gasteiger partial charge in [-0.3, -0.25) is 0 Å². The monoisotopic (exact) mass is 367 g/mol. The van der Waals surface area contributed by atoms with Gasteiger partial charge in [0, 0.05) is 18.0 Å². The van der Waals surface area contributed by atoms with E-state index in [0.29, 0.717) is 6.61 Å². The Labute approximate surface area is 159 Å². The molecule has 1 amide bonds. The van der Waals surface area contributed by atoms with Crippen molar-refractivity contribution < 1.29 is 9.53 Å². The highest BCUT2D eigenvalue weighted by Gasteiger charge is 2.26. The van der Waals surface area contributed by atoms with Crippen molar-refractivity contribution in [1.29, 1.82) is 0 Å². The lowest BCUT2D eigenvalue weighted by atomic mass is 9.87. The zero-order chi connectivity index (χ0) is 18.1. The molecule has 4 rings (SSSR count). The van der Waals surface area contributed by atoms with Gasteiger partial charge in [-0.1, -0.05) is 29.3 Å². The lowest BCUT2D eigenvalue weighted by Gasteiger charge is -2.29. The molecule has 2 aromatic rings. The van der Waals surface area contributed by atoms with Gasteiger partial charge in [-0.05, 0) is 73.2 Å². The van der Waals surface area contributed by atoms with Gasteiger partial charge >= 0.3 is 6.09 Å². The number of piperidine rings is 1. The number of aryl methyl sites for hydroxylation is 3. The molecule has 0 saturated carbocycles. The molecule has 0 radical (unpaired) electrons. The summed E-state index contributed by atoms with van der Waals surface area (Å²) in [6, 6.07) is 9.16. The molecule has 4 heteroatoms. The van der Waals surface area contributed by atoms with Gasteiger partial charge in [0.25, 0.3) is 0 Å². The number of benzene rings is 1. The minimum atomic E-state index is -0.176. The molecule has 0 N–H and O–H groups in total. The first-order valence-electron chi connectivity index (χ1n) is 9.47. The van der Waals surface area contributed by atoms with Gasteiger partial charge in [0.2, 0.25) is 0 Å². The number of carbonyl (C=O) groups excluding carboxylic acids is 1. The molecule has 2 heterocycles. The van der Waals surface area contributed by atoms with E-state index in [1.807, 2.05) is 23.2 Å². The molecule has 1 aliphatic heterocycles. The first kappa shape index (κ1) is 17.3. The van der Waals surface area contributed by atoms with Crippen molar-refractivity contribution >= 4 is 23.0 Å². The number of thiophene rings is 1. The molecule has 1 saturated heterocycles. The van der Waals surface area contributed by atoms with Crippen LogP contribution in [0.4, 0.5) is 4.79 Å². The van der Waals surface area contributed by atoms with Crippen LogP contribution in [0, 0.1) is 6.92 Å². The smallest absolute Gasteiger partial charge is 0.409 e. The summed E-state index contributed by atoms with van der Waals surface area (Å²) in [5.74, 6) is 0. The summed E-state index contributed by atoms with van der Waals surface area (Å²) in [4.78, 5) is 15.4. The van der Waals surface area contributed by atoms with Crippen LogP contribution < -0.4 is 0 Å². The predicted molar refractivity (Wildman–Crippen MR) is 107 cm³/mol. The summed E-state index contributed by atoms with van der Waals surface area (Å²) in [7, 11) is 0. The van der Waals surface area contributed by atoms with Crippen molar-refractivity contribution in [3.8, 4) is 0 Å². The Kier molecular flexibility index (Phi) is 4.86. The van der Waals surface area contributed by atoms with E-state index in [-0.39, 0.29) is 6.09 Å². The van der Waals surface area contributed by atoms with Crippen LogP contribution in [-0.2, 0) is 17.6 Å². The van der Waals surface area contributed by atoms with E-state index in [0.717, 1.165) is 38.8 Å². The Morgan fingerprint density at radius 2 is 1.92 bits per heavy atom. The third-order valence-electron chi connectivity index (χ3n) is 5.41. The Balaban J connectivity index is 1.72. The Bertz CT molecular complexity index is 855. The SMILES string of the molecule is CCOC(=O)N1CCC(=C2c3ccc(C)cc3CCc3sccc32)CC1. The normalized spacial score (nSPS) is 16.8. The van der Waals surface area contributed by atoms with Crippen LogP contribution in [0.5, 0.6) is 0 Å². The van der Waals surface area contributed by atoms with E-state index in [9.17, 15) is 4.79 Å². The van der Waals surface area contributed by atoms with Crippen molar-refractivity contribution in [3.05, 3.63) is 62.3 Å². The Morgan fingerprint density at radius 3 is 2.69 bits per heavy atom. The molecule has 1 aromatic heterocycles. The van der Waals surface area contributed by atoms with E-state index in [4.69, 9.17) is 4.74 Å². The van der Waals surface area contributed by atoms with Crippen LogP contribution in [0.3, 0.4) is 0 Å². The van der Waals surface area contributed by atoms with Crippen LogP contribution in [0.15, 0.2) is 35.2 Å². The second kappa shape index (κ2) is 7.28. The van der Waals surface area contributed by atoms with Crippen molar-refractivity contribution in [2.24, 2.45) is 0 Å². The molecule has 136 valence electrons. The summed E-state index contributed by atoms with van der Waals surface area (Å²) < 4.78 is 5.17. The summed E-state index contributed by atoms with van der Waals surface area (Å²) in [5.41, 5.74) is 8.51. The molecular formula is C22H25NO2S. The second-order valence-electron chi connectivity index (χ2n) is 7.08. The highest BCUT2D eigenvalue weighted by molar-refractivity contribution is 7.10. The molecule has 0 spiro atoms. The van der Waals surface area contributed by atoms with Gasteiger partial charge in [-0.2, -0.15) is 0 Å². The highest BCUT2D eigenvalue weighted by atomic mass is 32.1. The summed E-state index contributed by atoms with van der Waals surface area (Å²) in [6.45, 7) is 5.97. The fourth-order valence-electron chi connectivity index (χ4n) is 4.13. The fourth-order valence-corrected chi connectivity index (χ4v) is 5.01. The number of likely N-dealkylation sites (tertiary alicyclic amines) is 1. The van der Waals surface area contributed by atoms with Crippen LogP contribution in [-0.4, -0.2) is 30.7 Å². The largest absolute Gasteiger partial charge is 0.450 e. The molecule has 2 aliphatic rings. The fraction of sp³-hybridized carbons (Fsp3) is 0.409. The van der Waals surface area contributed by atoms with Gasteiger partial charge in [0.1, 0.15) is 0 Å². The molecule has 0 atom stereocenters. The first-order valence-corrected chi connectivity index (χ1v) is 10.4. The van der Waals surface area contributed by atoms with E-state index < -0.39 is 0 Å². The summed E-state index contributed by atoms with van der Waals surface area (Å²) in [5, 5.41) is 2.22. The molecule has 3 nitrogen and oxygen atoms in total. The average Bonchev–Trinajstić information content (AvgIpc) is 3.05. The number of rotatable bonds is 1. The predicted octanol–water partition coefficient (Wildman–Crippen LogP) is 5.21. The molecule has 26 heavy (non-hydrogen) atoms. The van der Waals surface area contributed by atoms with Crippen LogP contribution in [0.25, 0.3) is 5.57 Å². The second-order valence-corrected chi connectivity index (χ2v) is 8.08. The lowest BCUT2D eigenvalue weighted by molar-refractivity contribution is 0.104. The molecule has 0 bridgehead atoms. The van der Waals surface area contributed by atoms with Crippen LogP contribution in [0.2, 0.25) is 0 Å². The lowest BCUT2D eigenvalue weighted by Crippen LogP contribution is -2.37. The minimum Gasteiger partial charge on any atom is -0.450 e. The van der Waals surface area contributed by atoms with E-state index in [1.54, 1.807) is 0 Å². The Hall–Kier alpha value is -2.07. The van der Waals surface area contributed by atoms with E-state index >= 15 is 0 Å². The van der Waals surface area contributed by atoms with Crippen molar-refractivity contribution in [2.75, 3.05) is 19.7 Å². The zero-order valence-electron chi connectivity index (χ0n) is 15.5. The average molecular weight is 368 g/mol. The molecule has 0 unspecified atom stereocenters.